The Kier molecular flexibility index (Phi) is 5.52. The van der Waals surface area contributed by atoms with E-state index in [1.54, 1.807) is 16.8 Å². The van der Waals surface area contributed by atoms with E-state index in [0.717, 1.165) is 29.6 Å². The van der Waals surface area contributed by atoms with Crippen LogP contribution in [0, 0.1) is 13.8 Å². The zero-order valence-electron chi connectivity index (χ0n) is 17.8. The largest absolute Gasteiger partial charge is 0.495 e. The molecule has 172 valence electrons. The lowest BCUT2D eigenvalue weighted by Gasteiger charge is -2.14. The number of methoxy groups -OCH3 is 1. The lowest BCUT2D eigenvalue weighted by Crippen LogP contribution is -2.15. The number of ether oxygens (including phenoxy) is 1. The first-order valence-electron chi connectivity index (χ1n) is 9.70. The van der Waals surface area contributed by atoms with Gasteiger partial charge in [0.15, 0.2) is 5.65 Å². The van der Waals surface area contributed by atoms with Gasteiger partial charge in [-0.15, -0.1) is 0 Å². The molecule has 0 atom stereocenters. The smallest absolute Gasteiger partial charge is 0.416 e. The summed E-state index contributed by atoms with van der Waals surface area (Å²) in [7, 11) is -2.98. The lowest BCUT2D eigenvalue weighted by molar-refractivity contribution is -0.137. The third kappa shape index (κ3) is 4.36. The molecule has 1 N–H and O–H groups in total. The van der Waals surface area contributed by atoms with Crippen molar-refractivity contribution in [3.05, 3.63) is 71.7 Å². The molecule has 0 saturated carbocycles. The lowest BCUT2D eigenvalue weighted by atomic mass is 10.1. The van der Waals surface area contributed by atoms with Crippen LogP contribution in [0.4, 0.5) is 18.9 Å². The maximum Gasteiger partial charge on any atom is 0.416 e. The number of aryl methyl sites for hydroxylation is 2. The molecule has 0 saturated heterocycles. The van der Waals surface area contributed by atoms with Gasteiger partial charge in [0, 0.05) is 22.6 Å². The van der Waals surface area contributed by atoms with E-state index in [-0.39, 0.29) is 16.3 Å². The van der Waals surface area contributed by atoms with E-state index in [2.05, 4.69) is 14.8 Å². The highest BCUT2D eigenvalue weighted by atomic mass is 32.2. The standard InChI is InChI=1S/C22H19F3N4O3S/c1-13-9-14(2)29-21(27-13)18(12-26-29)15-7-8-19(32-3)20(10-15)33(30,31)28-17-6-4-5-16(11-17)22(23,24)25/h4-12,28H,1-3H3. The van der Waals surface area contributed by atoms with E-state index in [9.17, 15) is 21.6 Å². The van der Waals surface area contributed by atoms with Crippen molar-refractivity contribution in [1.29, 1.82) is 0 Å². The molecule has 0 radical (unpaired) electrons. The first-order chi connectivity index (χ1) is 15.5. The van der Waals surface area contributed by atoms with Crippen molar-refractivity contribution in [1.82, 2.24) is 14.6 Å². The number of alkyl halides is 3. The van der Waals surface area contributed by atoms with Gasteiger partial charge in [-0.1, -0.05) is 12.1 Å². The van der Waals surface area contributed by atoms with Crippen LogP contribution in [0.15, 0.2) is 59.6 Å². The molecule has 0 bridgehead atoms. The van der Waals surface area contributed by atoms with Crippen LogP contribution in [-0.2, 0) is 16.2 Å². The van der Waals surface area contributed by atoms with Crippen molar-refractivity contribution in [2.45, 2.75) is 24.9 Å². The van der Waals surface area contributed by atoms with Gasteiger partial charge in [-0.3, -0.25) is 4.72 Å². The Labute approximate surface area is 187 Å². The number of nitrogens with one attached hydrogen (secondary N) is 1. The third-order valence-electron chi connectivity index (χ3n) is 4.98. The van der Waals surface area contributed by atoms with Crippen molar-refractivity contribution in [3.8, 4) is 16.9 Å². The van der Waals surface area contributed by atoms with E-state index in [0.29, 0.717) is 16.8 Å². The Morgan fingerprint density at radius 3 is 2.52 bits per heavy atom. The second-order valence-corrected chi connectivity index (χ2v) is 9.03. The van der Waals surface area contributed by atoms with Crippen LogP contribution in [-0.4, -0.2) is 30.1 Å². The molecule has 2 heterocycles. The number of benzene rings is 2. The summed E-state index contributed by atoms with van der Waals surface area (Å²) >= 11 is 0. The molecule has 7 nitrogen and oxygen atoms in total. The van der Waals surface area contributed by atoms with Crippen LogP contribution in [0.25, 0.3) is 16.8 Å². The van der Waals surface area contributed by atoms with Crippen molar-refractivity contribution in [2.24, 2.45) is 0 Å². The number of fused-ring (bicyclic) bond motifs is 1. The van der Waals surface area contributed by atoms with Gasteiger partial charge in [0.1, 0.15) is 10.6 Å². The minimum absolute atomic E-state index is 0.0371. The van der Waals surface area contributed by atoms with Crippen LogP contribution in [0.3, 0.4) is 0 Å². The van der Waals surface area contributed by atoms with Crippen molar-refractivity contribution in [3.63, 3.8) is 0 Å². The Hall–Kier alpha value is -3.60. The molecule has 4 aromatic rings. The summed E-state index contributed by atoms with van der Waals surface area (Å²) in [5.74, 6) is 0.0371. The van der Waals surface area contributed by atoms with Gasteiger partial charge in [-0.2, -0.15) is 18.3 Å². The van der Waals surface area contributed by atoms with E-state index in [1.807, 2.05) is 19.9 Å². The monoisotopic (exact) mass is 476 g/mol. The third-order valence-corrected chi connectivity index (χ3v) is 6.39. The quantitative estimate of drug-likeness (QED) is 0.446. The van der Waals surface area contributed by atoms with E-state index < -0.39 is 21.8 Å². The molecule has 0 amide bonds. The second-order valence-electron chi connectivity index (χ2n) is 7.38. The number of rotatable bonds is 5. The molecule has 2 aromatic carbocycles. The van der Waals surface area contributed by atoms with E-state index in [1.165, 1.54) is 25.3 Å². The molecule has 0 unspecified atom stereocenters. The van der Waals surface area contributed by atoms with Crippen molar-refractivity contribution >= 4 is 21.4 Å². The first-order valence-corrected chi connectivity index (χ1v) is 11.2. The van der Waals surface area contributed by atoms with Gasteiger partial charge >= 0.3 is 6.18 Å². The maximum absolute atomic E-state index is 13.1. The van der Waals surface area contributed by atoms with Crippen LogP contribution < -0.4 is 9.46 Å². The summed E-state index contributed by atoms with van der Waals surface area (Å²) in [6, 6.07) is 10.3. The van der Waals surface area contributed by atoms with E-state index >= 15 is 0 Å². The highest BCUT2D eigenvalue weighted by Gasteiger charge is 2.31. The Morgan fingerprint density at radius 2 is 1.82 bits per heavy atom. The number of aromatic nitrogens is 3. The number of sulfonamides is 1. The second kappa shape index (κ2) is 8.07. The molecule has 0 spiro atoms. The topological polar surface area (TPSA) is 85.6 Å². The van der Waals surface area contributed by atoms with Gasteiger partial charge in [-0.05, 0) is 55.8 Å². The highest BCUT2D eigenvalue weighted by molar-refractivity contribution is 7.92. The molecule has 33 heavy (non-hydrogen) atoms. The van der Waals surface area contributed by atoms with E-state index in [4.69, 9.17) is 4.74 Å². The Bertz CT molecular complexity index is 1460. The summed E-state index contributed by atoms with van der Waals surface area (Å²) in [4.78, 5) is 4.27. The van der Waals surface area contributed by atoms with Gasteiger partial charge in [0.2, 0.25) is 0 Å². The molecule has 2 aromatic heterocycles. The molecule has 0 aliphatic carbocycles. The van der Waals surface area contributed by atoms with Crippen LogP contribution in [0.5, 0.6) is 5.75 Å². The van der Waals surface area contributed by atoms with Crippen molar-refractivity contribution < 1.29 is 26.3 Å². The highest BCUT2D eigenvalue weighted by Crippen LogP contribution is 2.34. The number of hydrogen-bond acceptors (Lipinski definition) is 5. The van der Waals surface area contributed by atoms with Crippen LogP contribution in [0.2, 0.25) is 0 Å². The SMILES string of the molecule is COc1ccc(-c2cnn3c(C)cc(C)nc23)cc1S(=O)(=O)Nc1cccc(C(F)(F)F)c1. The molecule has 0 aliphatic heterocycles. The first kappa shape index (κ1) is 22.6. The van der Waals surface area contributed by atoms with Gasteiger partial charge < -0.3 is 4.74 Å². The normalized spacial score (nSPS) is 12.2. The summed E-state index contributed by atoms with van der Waals surface area (Å²) in [5, 5.41) is 4.32. The fourth-order valence-corrected chi connectivity index (χ4v) is 4.74. The van der Waals surface area contributed by atoms with Crippen LogP contribution >= 0.6 is 0 Å². The predicted molar refractivity (Wildman–Crippen MR) is 117 cm³/mol. The number of hydrogen-bond donors (Lipinski definition) is 1. The predicted octanol–water partition coefficient (Wildman–Crippen LogP) is 4.84. The van der Waals surface area contributed by atoms with Gasteiger partial charge in [-0.25, -0.2) is 17.9 Å². The number of anilines is 1. The summed E-state index contributed by atoms with van der Waals surface area (Å²) < 4.78 is 74.4. The Morgan fingerprint density at radius 1 is 1.06 bits per heavy atom. The number of nitrogens with zero attached hydrogens (tertiary/aromatic N) is 3. The minimum atomic E-state index is -4.61. The average Bonchev–Trinajstić information content (AvgIpc) is 3.16. The molecular formula is C22H19F3N4O3S. The average molecular weight is 476 g/mol. The fourth-order valence-electron chi connectivity index (χ4n) is 3.50. The summed E-state index contributed by atoms with van der Waals surface area (Å²) in [6.45, 7) is 3.72. The number of halogens is 3. The molecule has 11 heteroatoms. The maximum atomic E-state index is 13.1. The van der Waals surface area contributed by atoms with Gasteiger partial charge in [0.05, 0.1) is 18.9 Å². The zero-order chi connectivity index (χ0) is 24.0. The molecular weight excluding hydrogens is 457 g/mol. The fraction of sp³-hybridized carbons (Fsp3) is 0.182. The zero-order valence-corrected chi connectivity index (χ0v) is 18.6. The summed E-state index contributed by atoms with van der Waals surface area (Å²) in [5.41, 5.74) is 2.10. The molecule has 0 fully saturated rings. The minimum Gasteiger partial charge on any atom is -0.495 e. The van der Waals surface area contributed by atoms with Gasteiger partial charge in [0.25, 0.3) is 10.0 Å². The molecule has 4 rings (SSSR count). The van der Waals surface area contributed by atoms with Crippen LogP contribution in [0.1, 0.15) is 17.0 Å². The Balaban J connectivity index is 1.79. The van der Waals surface area contributed by atoms with Crippen molar-refractivity contribution in [2.75, 3.05) is 11.8 Å². The summed E-state index contributed by atoms with van der Waals surface area (Å²) in [6.07, 6.45) is -3.03. The molecule has 0 aliphatic rings.